The summed E-state index contributed by atoms with van der Waals surface area (Å²) in [6.07, 6.45) is 12.7. The summed E-state index contributed by atoms with van der Waals surface area (Å²) in [4.78, 5) is 0. The van der Waals surface area contributed by atoms with E-state index in [1.54, 1.807) is 0 Å². The van der Waals surface area contributed by atoms with Crippen molar-refractivity contribution in [3.63, 3.8) is 0 Å². The summed E-state index contributed by atoms with van der Waals surface area (Å²) in [7, 11) is 0. The SMILES string of the molecule is CCCCCCCCC(O)C(O)C(O)CCCCCCCC. The third-order valence-electron chi connectivity index (χ3n) is 4.50. The van der Waals surface area contributed by atoms with Crippen LogP contribution in [-0.4, -0.2) is 33.6 Å². The first-order valence-electron chi connectivity index (χ1n) is 9.67. The van der Waals surface area contributed by atoms with Crippen molar-refractivity contribution in [2.24, 2.45) is 0 Å². The minimum absolute atomic E-state index is 0.598. The Morgan fingerprint density at radius 2 is 0.818 bits per heavy atom. The fourth-order valence-electron chi connectivity index (χ4n) is 2.87. The van der Waals surface area contributed by atoms with Gasteiger partial charge in [0.15, 0.2) is 0 Å². The quantitative estimate of drug-likeness (QED) is 0.366. The molecule has 0 amide bonds. The predicted octanol–water partition coefficient (Wildman–Crippen LogP) is 4.57. The fraction of sp³-hybridized carbons (Fsp3) is 1.00. The summed E-state index contributed by atoms with van der Waals surface area (Å²) in [6, 6.07) is 0. The minimum Gasteiger partial charge on any atom is -0.390 e. The van der Waals surface area contributed by atoms with Gasteiger partial charge in [-0.05, 0) is 12.8 Å². The third kappa shape index (κ3) is 12.4. The second kappa shape index (κ2) is 15.8. The first-order valence-corrected chi connectivity index (χ1v) is 9.67. The molecule has 0 rings (SSSR count). The summed E-state index contributed by atoms with van der Waals surface area (Å²) in [5, 5.41) is 29.9. The highest BCUT2D eigenvalue weighted by atomic mass is 16.4. The zero-order chi connectivity index (χ0) is 16.6. The van der Waals surface area contributed by atoms with Gasteiger partial charge in [0, 0.05) is 0 Å². The molecule has 0 aromatic heterocycles. The zero-order valence-electron chi connectivity index (χ0n) is 15.0. The molecule has 3 nitrogen and oxygen atoms in total. The predicted molar refractivity (Wildman–Crippen MR) is 94.0 cm³/mol. The largest absolute Gasteiger partial charge is 0.390 e. The summed E-state index contributed by atoms with van der Waals surface area (Å²) in [5.41, 5.74) is 0. The van der Waals surface area contributed by atoms with Crippen molar-refractivity contribution in [3.8, 4) is 0 Å². The number of aliphatic hydroxyl groups is 3. The number of hydrogen-bond donors (Lipinski definition) is 3. The van der Waals surface area contributed by atoms with E-state index in [9.17, 15) is 15.3 Å². The Morgan fingerprint density at radius 1 is 0.500 bits per heavy atom. The minimum atomic E-state index is -0.980. The van der Waals surface area contributed by atoms with E-state index >= 15 is 0 Å². The van der Waals surface area contributed by atoms with Gasteiger partial charge in [0.25, 0.3) is 0 Å². The van der Waals surface area contributed by atoms with Crippen molar-refractivity contribution in [2.75, 3.05) is 0 Å². The molecule has 0 aliphatic carbocycles. The highest BCUT2D eigenvalue weighted by Crippen LogP contribution is 2.15. The molecule has 0 aromatic rings. The molecule has 2 atom stereocenters. The van der Waals surface area contributed by atoms with Crippen molar-refractivity contribution in [3.05, 3.63) is 0 Å². The van der Waals surface area contributed by atoms with Gasteiger partial charge in [0.2, 0.25) is 0 Å². The Hall–Kier alpha value is -0.120. The third-order valence-corrected chi connectivity index (χ3v) is 4.50. The van der Waals surface area contributed by atoms with Crippen LogP contribution in [0.15, 0.2) is 0 Å². The molecule has 0 aliphatic rings. The van der Waals surface area contributed by atoms with Gasteiger partial charge in [0.05, 0.1) is 12.2 Å². The van der Waals surface area contributed by atoms with Crippen LogP contribution in [0.4, 0.5) is 0 Å². The molecule has 134 valence electrons. The summed E-state index contributed by atoms with van der Waals surface area (Å²) in [5.74, 6) is 0. The molecule has 0 spiro atoms. The lowest BCUT2D eigenvalue weighted by molar-refractivity contribution is -0.0653. The van der Waals surface area contributed by atoms with Gasteiger partial charge in [-0.1, -0.05) is 90.9 Å². The zero-order valence-corrected chi connectivity index (χ0v) is 15.0. The maximum atomic E-state index is 9.97. The molecule has 3 N–H and O–H groups in total. The summed E-state index contributed by atoms with van der Waals surface area (Å²) < 4.78 is 0. The normalized spacial score (nSPS) is 15.7. The maximum Gasteiger partial charge on any atom is 0.106 e. The lowest BCUT2D eigenvalue weighted by Crippen LogP contribution is -2.37. The number of hydrogen-bond acceptors (Lipinski definition) is 3. The lowest BCUT2D eigenvalue weighted by atomic mass is 9.97. The molecule has 0 aromatic carbocycles. The number of aliphatic hydroxyl groups excluding tert-OH is 3. The van der Waals surface area contributed by atoms with E-state index in [4.69, 9.17) is 0 Å². The van der Waals surface area contributed by atoms with Gasteiger partial charge in [-0.25, -0.2) is 0 Å². The van der Waals surface area contributed by atoms with Crippen molar-refractivity contribution >= 4 is 0 Å². The Labute approximate surface area is 138 Å². The molecule has 0 bridgehead atoms. The van der Waals surface area contributed by atoms with Crippen LogP contribution in [0.5, 0.6) is 0 Å². The van der Waals surface area contributed by atoms with Crippen molar-refractivity contribution in [2.45, 2.75) is 122 Å². The van der Waals surface area contributed by atoms with Crippen LogP contribution < -0.4 is 0 Å². The molecule has 3 heteroatoms. The molecular formula is C19H40O3. The van der Waals surface area contributed by atoms with Gasteiger partial charge in [-0.15, -0.1) is 0 Å². The molecule has 22 heavy (non-hydrogen) atoms. The van der Waals surface area contributed by atoms with Gasteiger partial charge in [0.1, 0.15) is 6.10 Å². The number of rotatable bonds is 16. The van der Waals surface area contributed by atoms with E-state index in [-0.39, 0.29) is 0 Å². The molecule has 0 radical (unpaired) electrons. The Kier molecular flexibility index (Phi) is 15.7. The van der Waals surface area contributed by atoms with E-state index < -0.39 is 18.3 Å². The van der Waals surface area contributed by atoms with Gasteiger partial charge in [-0.3, -0.25) is 0 Å². The van der Waals surface area contributed by atoms with Gasteiger partial charge < -0.3 is 15.3 Å². The smallest absolute Gasteiger partial charge is 0.106 e. The van der Waals surface area contributed by atoms with Crippen molar-refractivity contribution in [1.29, 1.82) is 0 Å². The highest BCUT2D eigenvalue weighted by Gasteiger charge is 2.23. The number of unbranched alkanes of at least 4 members (excludes halogenated alkanes) is 10. The molecule has 2 unspecified atom stereocenters. The average molecular weight is 317 g/mol. The van der Waals surface area contributed by atoms with Crippen LogP contribution in [-0.2, 0) is 0 Å². The first-order chi connectivity index (χ1) is 10.6. The van der Waals surface area contributed by atoms with Gasteiger partial charge in [-0.2, -0.15) is 0 Å². The first kappa shape index (κ1) is 21.9. The molecule has 0 fully saturated rings. The van der Waals surface area contributed by atoms with Crippen LogP contribution in [0, 0.1) is 0 Å². The molecule has 0 aliphatic heterocycles. The van der Waals surface area contributed by atoms with Crippen molar-refractivity contribution in [1.82, 2.24) is 0 Å². The van der Waals surface area contributed by atoms with Crippen molar-refractivity contribution < 1.29 is 15.3 Å². The second-order valence-electron chi connectivity index (χ2n) is 6.74. The standard InChI is InChI=1S/C19H40O3/c1-3-5-7-9-11-13-15-17(20)19(22)18(21)16-14-12-10-8-6-4-2/h17-22H,3-16H2,1-2H3. The van der Waals surface area contributed by atoms with E-state index in [0.29, 0.717) is 12.8 Å². The fourth-order valence-corrected chi connectivity index (χ4v) is 2.87. The van der Waals surface area contributed by atoms with Crippen LogP contribution in [0.25, 0.3) is 0 Å². The Balaban J connectivity index is 3.58. The molecule has 0 heterocycles. The van der Waals surface area contributed by atoms with E-state index in [2.05, 4.69) is 13.8 Å². The van der Waals surface area contributed by atoms with Crippen LogP contribution in [0.3, 0.4) is 0 Å². The molecule has 0 saturated heterocycles. The highest BCUT2D eigenvalue weighted by molar-refractivity contribution is 4.75. The summed E-state index contributed by atoms with van der Waals surface area (Å²) >= 11 is 0. The van der Waals surface area contributed by atoms with E-state index in [1.165, 1.54) is 51.4 Å². The Bertz CT molecular complexity index is 199. The van der Waals surface area contributed by atoms with E-state index in [0.717, 1.165) is 25.7 Å². The maximum absolute atomic E-state index is 9.97. The lowest BCUT2D eigenvalue weighted by Gasteiger charge is -2.23. The van der Waals surface area contributed by atoms with Crippen LogP contribution >= 0.6 is 0 Å². The van der Waals surface area contributed by atoms with Crippen LogP contribution in [0.1, 0.15) is 104 Å². The average Bonchev–Trinajstić information content (AvgIpc) is 2.52. The monoisotopic (exact) mass is 316 g/mol. The topological polar surface area (TPSA) is 60.7 Å². The Morgan fingerprint density at radius 3 is 1.18 bits per heavy atom. The van der Waals surface area contributed by atoms with E-state index in [1.807, 2.05) is 0 Å². The van der Waals surface area contributed by atoms with Gasteiger partial charge >= 0.3 is 0 Å². The second-order valence-corrected chi connectivity index (χ2v) is 6.74. The van der Waals surface area contributed by atoms with Crippen LogP contribution in [0.2, 0.25) is 0 Å². The molecule has 0 saturated carbocycles. The molecular weight excluding hydrogens is 276 g/mol. The summed E-state index contributed by atoms with van der Waals surface area (Å²) in [6.45, 7) is 4.40.